The monoisotopic (exact) mass is 186 g/mol. The van der Waals surface area contributed by atoms with E-state index in [2.05, 4.69) is 12.2 Å². The Balaban J connectivity index is 2.02. The van der Waals surface area contributed by atoms with Gasteiger partial charge in [-0.1, -0.05) is 19.8 Å². The average Bonchev–Trinajstić information content (AvgIpc) is 2.94. The number of rotatable bonds is 5. The van der Waals surface area contributed by atoms with Gasteiger partial charge < -0.3 is 5.32 Å². The largest absolute Gasteiger partial charge is 0.341 e. The summed E-state index contributed by atoms with van der Waals surface area (Å²) in [5, 5.41) is 12.7. The maximum atomic E-state index is 11.2. The second kappa shape index (κ2) is 5.07. The first-order valence-electron chi connectivity index (χ1n) is 5.01. The molecule has 0 aromatic carbocycles. The average molecular weight is 186 g/mol. The van der Waals surface area contributed by atoms with Crippen LogP contribution in [-0.2, 0) is 0 Å². The molecule has 2 amide bonds. The quantitative estimate of drug-likeness (QED) is 0.390. The zero-order valence-corrected chi connectivity index (χ0v) is 8.12. The Kier molecular flexibility index (Phi) is 4.02. The molecule has 4 nitrogen and oxygen atoms in total. The highest BCUT2D eigenvalue weighted by molar-refractivity contribution is 5.73. The van der Waals surface area contributed by atoms with Crippen LogP contribution in [0, 0.1) is 0 Å². The Labute approximate surface area is 78.9 Å². The van der Waals surface area contributed by atoms with Crippen molar-refractivity contribution in [2.75, 3.05) is 6.54 Å². The second-order valence-corrected chi connectivity index (χ2v) is 3.51. The predicted molar refractivity (Wildman–Crippen MR) is 49.6 cm³/mol. The van der Waals surface area contributed by atoms with E-state index in [9.17, 15) is 10.0 Å². The maximum Gasteiger partial charge on any atom is 0.341 e. The normalized spacial score (nSPS) is 15.5. The van der Waals surface area contributed by atoms with Gasteiger partial charge in [0.2, 0.25) is 0 Å². The van der Waals surface area contributed by atoms with Crippen molar-refractivity contribution in [1.82, 2.24) is 10.4 Å². The summed E-state index contributed by atoms with van der Waals surface area (Å²) >= 11 is 0. The van der Waals surface area contributed by atoms with Crippen LogP contribution in [0.3, 0.4) is 0 Å². The lowest BCUT2D eigenvalue weighted by molar-refractivity contribution is -0.0508. The van der Waals surface area contributed by atoms with E-state index in [1.807, 2.05) is 0 Å². The van der Waals surface area contributed by atoms with Gasteiger partial charge in [0.15, 0.2) is 0 Å². The lowest BCUT2D eigenvalue weighted by atomic mass is 10.2. The molecule has 0 aromatic rings. The Hall–Kier alpha value is -0.770. The lowest BCUT2D eigenvalue weighted by Gasteiger charge is -2.14. The molecule has 0 unspecified atom stereocenters. The van der Waals surface area contributed by atoms with Gasteiger partial charge in [-0.25, -0.2) is 9.86 Å². The van der Waals surface area contributed by atoms with Crippen LogP contribution in [0.2, 0.25) is 0 Å². The van der Waals surface area contributed by atoms with Crippen molar-refractivity contribution < 1.29 is 10.0 Å². The van der Waals surface area contributed by atoms with E-state index in [1.54, 1.807) is 0 Å². The summed E-state index contributed by atoms with van der Waals surface area (Å²) in [5.74, 6) is 0. The SMILES string of the molecule is CCCCCNC(=O)N(O)C1CC1. The molecule has 1 rings (SSSR count). The first-order valence-corrected chi connectivity index (χ1v) is 5.01. The zero-order valence-electron chi connectivity index (χ0n) is 8.12. The predicted octanol–water partition coefficient (Wildman–Crippen LogP) is 1.74. The Morgan fingerprint density at radius 2 is 2.23 bits per heavy atom. The Morgan fingerprint density at radius 1 is 1.54 bits per heavy atom. The summed E-state index contributed by atoms with van der Waals surface area (Å²) in [6.45, 7) is 2.78. The van der Waals surface area contributed by atoms with E-state index in [1.165, 1.54) is 0 Å². The number of hydrogen-bond donors (Lipinski definition) is 2. The first-order chi connectivity index (χ1) is 6.25. The Morgan fingerprint density at radius 3 is 2.77 bits per heavy atom. The summed E-state index contributed by atoms with van der Waals surface area (Å²) in [6, 6.07) is -0.273. The van der Waals surface area contributed by atoms with E-state index in [4.69, 9.17) is 0 Å². The fraction of sp³-hybridized carbons (Fsp3) is 0.889. The second-order valence-electron chi connectivity index (χ2n) is 3.51. The summed E-state index contributed by atoms with van der Waals surface area (Å²) < 4.78 is 0. The molecule has 0 aliphatic heterocycles. The van der Waals surface area contributed by atoms with E-state index >= 15 is 0 Å². The number of amides is 2. The van der Waals surface area contributed by atoms with Gasteiger partial charge in [0.1, 0.15) is 0 Å². The van der Waals surface area contributed by atoms with Gasteiger partial charge in [-0.05, 0) is 19.3 Å². The van der Waals surface area contributed by atoms with Crippen molar-refractivity contribution in [3.05, 3.63) is 0 Å². The number of hydroxylamine groups is 2. The van der Waals surface area contributed by atoms with Gasteiger partial charge in [0, 0.05) is 6.54 Å². The number of carbonyl (C=O) groups excluding carboxylic acids is 1. The highest BCUT2D eigenvalue weighted by Crippen LogP contribution is 2.24. The summed E-state index contributed by atoms with van der Waals surface area (Å²) in [7, 11) is 0. The third-order valence-electron chi connectivity index (χ3n) is 2.16. The van der Waals surface area contributed by atoms with Crippen LogP contribution in [-0.4, -0.2) is 28.9 Å². The molecule has 2 N–H and O–H groups in total. The summed E-state index contributed by atoms with van der Waals surface area (Å²) in [6.07, 6.45) is 5.11. The molecule has 0 aromatic heterocycles. The topological polar surface area (TPSA) is 52.6 Å². The van der Waals surface area contributed by atoms with Crippen LogP contribution < -0.4 is 5.32 Å². The van der Waals surface area contributed by atoms with E-state index < -0.39 is 0 Å². The van der Waals surface area contributed by atoms with E-state index in [-0.39, 0.29) is 12.1 Å². The molecule has 0 heterocycles. The maximum absolute atomic E-state index is 11.2. The van der Waals surface area contributed by atoms with Crippen LogP contribution in [0.1, 0.15) is 39.0 Å². The lowest BCUT2D eigenvalue weighted by Crippen LogP contribution is -2.39. The molecule has 13 heavy (non-hydrogen) atoms. The van der Waals surface area contributed by atoms with Crippen LogP contribution >= 0.6 is 0 Å². The Bertz CT molecular complexity index is 169. The molecule has 0 atom stereocenters. The summed E-state index contributed by atoms with van der Waals surface area (Å²) in [4.78, 5) is 11.2. The third kappa shape index (κ3) is 3.63. The van der Waals surface area contributed by atoms with Crippen molar-refractivity contribution >= 4 is 6.03 Å². The smallest absolute Gasteiger partial charge is 0.336 e. The number of unbranched alkanes of at least 4 members (excludes halogenated alkanes) is 2. The van der Waals surface area contributed by atoms with Crippen molar-refractivity contribution in [2.45, 2.75) is 45.1 Å². The van der Waals surface area contributed by atoms with Gasteiger partial charge in [-0.15, -0.1) is 0 Å². The van der Waals surface area contributed by atoms with Crippen LogP contribution in [0.5, 0.6) is 0 Å². The molecule has 0 radical (unpaired) electrons. The highest BCUT2D eigenvalue weighted by Gasteiger charge is 2.31. The first kappa shape index (κ1) is 10.3. The standard InChI is InChI=1S/C9H18N2O2/c1-2-3-4-7-10-9(12)11(13)8-5-6-8/h8,13H,2-7H2,1H3,(H,10,12). The molecule has 0 spiro atoms. The molecule has 1 aliphatic rings. The van der Waals surface area contributed by atoms with E-state index in [0.717, 1.165) is 37.2 Å². The van der Waals surface area contributed by atoms with E-state index in [0.29, 0.717) is 6.54 Å². The molecular formula is C9H18N2O2. The van der Waals surface area contributed by atoms with Gasteiger partial charge in [-0.2, -0.15) is 0 Å². The number of urea groups is 1. The van der Waals surface area contributed by atoms with Gasteiger partial charge >= 0.3 is 6.03 Å². The minimum Gasteiger partial charge on any atom is -0.336 e. The molecule has 1 saturated carbocycles. The van der Waals surface area contributed by atoms with Crippen LogP contribution in [0.4, 0.5) is 4.79 Å². The van der Waals surface area contributed by atoms with Crippen molar-refractivity contribution in [3.8, 4) is 0 Å². The minimum atomic E-state index is -0.349. The van der Waals surface area contributed by atoms with Gasteiger partial charge in [0.25, 0.3) is 0 Å². The van der Waals surface area contributed by atoms with Crippen molar-refractivity contribution in [2.24, 2.45) is 0 Å². The van der Waals surface area contributed by atoms with Crippen molar-refractivity contribution in [1.29, 1.82) is 0 Å². The van der Waals surface area contributed by atoms with Crippen molar-refractivity contribution in [3.63, 3.8) is 0 Å². The molecular weight excluding hydrogens is 168 g/mol. The number of carbonyl (C=O) groups is 1. The number of nitrogens with one attached hydrogen (secondary N) is 1. The molecule has 0 bridgehead atoms. The number of hydrogen-bond acceptors (Lipinski definition) is 2. The molecule has 76 valence electrons. The van der Waals surface area contributed by atoms with Crippen LogP contribution in [0.25, 0.3) is 0 Å². The fourth-order valence-electron chi connectivity index (χ4n) is 1.14. The fourth-order valence-corrected chi connectivity index (χ4v) is 1.14. The third-order valence-corrected chi connectivity index (χ3v) is 2.16. The highest BCUT2D eigenvalue weighted by atomic mass is 16.5. The zero-order chi connectivity index (χ0) is 9.68. The van der Waals surface area contributed by atoms with Gasteiger partial charge in [0.05, 0.1) is 6.04 Å². The molecule has 1 fully saturated rings. The number of nitrogens with zero attached hydrogens (tertiary/aromatic N) is 1. The molecule has 4 heteroatoms. The molecule has 1 aliphatic carbocycles. The molecule has 0 saturated heterocycles. The summed E-state index contributed by atoms with van der Waals surface area (Å²) in [5.41, 5.74) is 0. The minimum absolute atomic E-state index is 0.0752. The van der Waals surface area contributed by atoms with Gasteiger partial charge in [-0.3, -0.25) is 5.21 Å². The van der Waals surface area contributed by atoms with Crippen LogP contribution in [0.15, 0.2) is 0 Å².